The van der Waals surface area contributed by atoms with Crippen LogP contribution in [0.4, 0.5) is 5.69 Å². The molecule has 2 aromatic carbocycles. The molecule has 0 spiro atoms. The lowest BCUT2D eigenvalue weighted by Crippen LogP contribution is -2.14. The number of aryl methyl sites for hydroxylation is 1. The van der Waals surface area contributed by atoms with E-state index in [1.807, 2.05) is 42.1 Å². The lowest BCUT2D eigenvalue weighted by molar-refractivity contribution is -0.115. The van der Waals surface area contributed by atoms with Crippen molar-refractivity contribution in [1.82, 2.24) is 4.57 Å². The van der Waals surface area contributed by atoms with Crippen molar-refractivity contribution in [2.75, 3.05) is 5.32 Å². The number of anilines is 1. The number of aromatic hydroxyl groups is 1. The van der Waals surface area contributed by atoms with Gasteiger partial charge in [0.2, 0.25) is 5.91 Å². The molecule has 106 valence electrons. The maximum absolute atomic E-state index is 12.2. The highest BCUT2D eigenvalue weighted by Crippen LogP contribution is 2.23. The number of hydrogen-bond acceptors (Lipinski definition) is 2. The molecule has 0 aliphatic rings. The fourth-order valence-electron chi connectivity index (χ4n) is 2.51. The van der Waals surface area contributed by atoms with Crippen molar-refractivity contribution in [2.45, 2.75) is 6.42 Å². The number of amides is 1. The molecule has 2 N–H and O–H groups in total. The van der Waals surface area contributed by atoms with Gasteiger partial charge in [0, 0.05) is 24.1 Å². The van der Waals surface area contributed by atoms with Gasteiger partial charge < -0.3 is 15.0 Å². The molecular weight excluding hydrogens is 264 g/mol. The molecule has 0 fully saturated rings. The maximum Gasteiger partial charge on any atom is 0.228 e. The first-order chi connectivity index (χ1) is 10.1. The largest absolute Gasteiger partial charge is 0.506 e. The minimum absolute atomic E-state index is 0.0729. The predicted molar refractivity (Wildman–Crippen MR) is 83.4 cm³/mol. The van der Waals surface area contributed by atoms with Gasteiger partial charge in [-0.3, -0.25) is 4.79 Å². The van der Waals surface area contributed by atoms with Crippen LogP contribution in [0.25, 0.3) is 10.9 Å². The lowest BCUT2D eigenvalue weighted by atomic mass is 10.1. The summed E-state index contributed by atoms with van der Waals surface area (Å²) in [5.74, 6) is -0.0726. The molecule has 0 unspecified atom stereocenters. The molecule has 3 aromatic rings. The number of phenols is 1. The second kappa shape index (κ2) is 5.32. The number of carbonyl (C=O) groups is 1. The molecule has 3 rings (SSSR count). The molecule has 1 amide bonds. The fraction of sp³-hybridized carbons (Fsp3) is 0.118. The summed E-state index contributed by atoms with van der Waals surface area (Å²) in [4.78, 5) is 12.2. The Morgan fingerprint density at radius 2 is 1.86 bits per heavy atom. The second-order valence-electron chi connectivity index (χ2n) is 5.02. The van der Waals surface area contributed by atoms with Crippen molar-refractivity contribution in [3.8, 4) is 5.75 Å². The molecule has 1 heterocycles. The van der Waals surface area contributed by atoms with Crippen LogP contribution in [0.1, 0.15) is 5.56 Å². The standard InChI is InChI=1S/C17H16N2O2/c1-19-11-12(13-6-2-4-8-15(13)19)10-17(21)18-14-7-3-5-9-16(14)20/h2-9,11,20H,10H2,1H3,(H,18,21). The number of para-hydroxylation sites is 3. The number of aromatic nitrogens is 1. The number of phenolic OH excluding ortho intramolecular Hbond substituents is 1. The molecule has 0 aliphatic carbocycles. The highest BCUT2D eigenvalue weighted by molar-refractivity contribution is 5.96. The van der Waals surface area contributed by atoms with Gasteiger partial charge in [0.05, 0.1) is 12.1 Å². The van der Waals surface area contributed by atoms with Crippen molar-refractivity contribution in [3.05, 3.63) is 60.3 Å². The highest BCUT2D eigenvalue weighted by Gasteiger charge is 2.11. The van der Waals surface area contributed by atoms with Gasteiger partial charge in [-0.15, -0.1) is 0 Å². The lowest BCUT2D eigenvalue weighted by Gasteiger charge is -2.06. The van der Waals surface area contributed by atoms with Crippen molar-refractivity contribution in [3.63, 3.8) is 0 Å². The normalized spacial score (nSPS) is 10.7. The number of nitrogens with zero attached hydrogens (tertiary/aromatic N) is 1. The van der Waals surface area contributed by atoms with E-state index in [0.717, 1.165) is 16.5 Å². The van der Waals surface area contributed by atoms with Crippen molar-refractivity contribution >= 4 is 22.5 Å². The maximum atomic E-state index is 12.2. The zero-order chi connectivity index (χ0) is 14.8. The van der Waals surface area contributed by atoms with Crippen LogP contribution in [0, 0.1) is 0 Å². The number of benzene rings is 2. The SMILES string of the molecule is Cn1cc(CC(=O)Nc2ccccc2O)c2ccccc21. The molecule has 1 aromatic heterocycles. The van der Waals surface area contributed by atoms with Crippen molar-refractivity contribution < 1.29 is 9.90 Å². The summed E-state index contributed by atoms with van der Waals surface area (Å²) in [6, 6.07) is 14.7. The molecular formula is C17H16N2O2. The number of carbonyl (C=O) groups excluding carboxylic acids is 1. The zero-order valence-electron chi connectivity index (χ0n) is 11.7. The molecule has 0 aliphatic heterocycles. The van der Waals surface area contributed by atoms with E-state index in [1.54, 1.807) is 24.3 Å². The van der Waals surface area contributed by atoms with Gasteiger partial charge in [0.15, 0.2) is 0 Å². The van der Waals surface area contributed by atoms with Gasteiger partial charge in [0.25, 0.3) is 0 Å². The average Bonchev–Trinajstić information content (AvgIpc) is 2.79. The van der Waals surface area contributed by atoms with Crippen molar-refractivity contribution in [2.24, 2.45) is 7.05 Å². The van der Waals surface area contributed by atoms with Crippen LogP contribution >= 0.6 is 0 Å². The quantitative estimate of drug-likeness (QED) is 0.724. The number of nitrogens with one attached hydrogen (secondary N) is 1. The van der Waals surface area contributed by atoms with Gasteiger partial charge in [-0.1, -0.05) is 30.3 Å². The summed E-state index contributed by atoms with van der Waals surface area (Å²) in [5.41, 5.74) is 2.51. The van der Waals surface area contributed by atoms with Crippen LogP contribution in [0.5, 0.6) is 5.75 Å². The summed E-state index contributed by atoms with van der Waals surface area (Å²) in [5, 5.41) is 13.5. The molecule has 0 saturated carbocycles. The summed E-state index contributed by atoms with van der Waals surface area (Å²) in [7, 11) is 1.97. The van der Waals surface area contributed by atoms with Crippen LogP contribution in [0.15, 0.2) is 54.7 Å². The highest BCUT2D eigenvalue weighted by atomic mass is 16.3. The van der Waals surface area contributed by atoms with Crippen LogP contribution in [-0.2, 0) is 18.3 Å². The van der Waals surface area contributed by atoms with Crippen LogP contribution in [0.2, 0.25) is 0 Å². The van der Waals surface area contributed by atoms with E-state index in [4.69, 9.17) is 0 Å². The van der Waals surface area contributed by atoms with Gasteiger partial charge >= 0.3 is 0 Å². The third-order valence-corrected chi connectivity index (χ3v) is 3.51. The third-order valence-electron chi connectivity index (χ3n) is 3.51. The monoisotopic (exact) mass is 280 g/mol. The van der Waals surface area contributed by atoms with Crippen molar-refractivity contribution in [1.29, 1.82) is 0 Å². The Labute approximate surface area is 122 Å². The number of hydrogen-bond donors (Lipinski definition) is 2. The van der Waals surface area contributed by atoms with E-state index in [1.165, 1.54) is 0 Å². The Bertz CT molecular complexity index is 805. The van der Waals surface area contributed by atoms with E-state index < -0.39 is 0 Å². The zero-order valence-corrected chi connectivity index (χ0v) is 11.7. The molecule has 0 saturated heterocycles. The fourth-order valence-corrected chi connectivity index (χ4v) is 2.51. The molecule has 4 heteroatoms. The Kier molecular flexibility index (Phi) is 3.36. The van der Waals surface area contributed by atoms with Gasteiger partial charge in [-0.05, 0) is 23.8 Å². The number of fused-ring (bicyclic) bond motifs is 1. The molecule has 0 atom stereocenters. The predicted octanol–water partition coefficient (Wildman–Crippen LogP) is 3.07. The van der Waals surface area contributed by atoms with Crippen LogP contribution in [0.3, 0.4) is 0 Å². The first kappa shape index (κ1) is 13.2. The van der Waals surface area contributed by atoms with E-state index in [2.05, 4.69) is 5.32 Å². The van der Waals surface area contributed by atoms with Gasteiger partial charge in [-0.2, -0.15) is 0 Å². The van der Waals surface area contributed by atoms with Crippen LogP contribution in [-0.4, -0.2) is 15.6 Å². The van der Waals surface area contributed by atoms with E-state index in [-0.39, 0.29) is 18.1 Å². The smallest absolute Gasteiger partial charge is 0.228 e. The summed E-state index contributed by atoms with van der Waals surface area (Å²) < 4.78 is 2.01. The van der Waals surface area contributed by atoms with Gasteiger partial charge in [-0.25, -0.2) is 0 Å². The minimum Gasteiger partial charge on any atom is -0.506 e. The topological polar surface area (TPSA) is 54.3 Å². The first-order valence-corrected chi connectivity index (χ1v) is 6.76. The first-order valence-electron chi connectivity index (χ1n) is 6.76. The second-order valence-corrected chi connectivity index (χ2v) is 5.02. The Balaban J connectivity index is 1.82. The molecule has 4 nitrogen and oxygen atoms in total. The third kappa shape index (κ3) is 2.60. The molecule has 0 radical (unpaired) electrons. The summed E-state index contributed by atoms with van der Waals surface area (Å²) in [6.45, 7) is 0. The van der Waals surface area contributed by atoms with E-state index in [9.17, 15) is 9.90 Å². The Morgan fingerprint density at radius 3 is 2.67 bits per heavy atom. The van der Waals surface area contributed by atoms with Crippen LogP contribution < -0.4 is 5.32 Å². The molecule has 21 heavy (non-hydrogen) atoms. The molecule has 0 bridgehead atoms. The minimum atomic E-state index is -0.146. The summed E-state index contributed by atoms with van der Waals surface area (Å²) in [6.07, 6.45) is 2.24. The van der Waals surface area contributed by atoms with Gasteiger partial charge in [0.1, 0.15) is 5.75 Å². The average molecular weight is 280 g/mol. The Morgan fingerprint density at radius 1 is 1.14 bits per heavy atom. The number of rotatable bonds is 3. The van der Waals surface area contributed by atoms with E-state index >= 15 is 0 Å². The Hall–Kier alpha value is -2.75. The van der Waals surface area contributed by atoms with E-state index in [0.29, 0.717) is 5.69 Å². The summed E-state index contributed by atoms with van der Waals surface area (Å²) >= 11 is 0.